The topological polar surface area (TPSA) is 29.1 Å². The molecular formula is C15H13BrClNOS. The van der Waals surface area contributed by atoms with Gasteiger partial charge in [-0.05, 0) is 58.7 Å². The summed E-state index contributed by atoms with van der Waals surface area (Å²) in [6, 6.07) is 12.7. The van der Waals surface area contributed by atoms with Crippen molar-refractivity contribution in [2.24, 2.45) is 0 Å². The third kappa shape index (κ3) is 3.78. The molecule has 1 unspecified atom stereocenters. The molecule has 0 fully saturated rings. The van der Waals surface area contributed by atoms with Crippen molar-refractivity contribution in [1.82, 2.24) is 5.32 Å². The molecule has 0 saturated carbocycles. The van der Waals surface area contributed by atoms with Crippen LogP contribution >= 0.6 is 40.2 Å². The lowest BCUT2D eigenvalue weighted by molar-refractivity contribution is 0.0939. The number of hydrogen-bond donors (Lipinski definition) is 2. The largest absolute Gasteiger partial charge is 0.345 e. The predicted molar refractivity (Wildman–Crippen MR) is 88.7 cm³/mol. The molecule has 0 radical (unpaired) electrons. The van der Waals surface area contributed by atoms with Crippen LogP contribution in [0, 0.1) is 0 Å². The van der Waals surface area contributed by atoms with Gasteiger partial charge in [0, 0.05) is 14.4 Å². The summed E-state index contributed by atoms with van der Waals surface area (Å²) < 4.78 is 0.742. The van der Waals surface area contributed by atoms with E-state index >= 15 is 0 Å². The molecule has 1 atom stereocenters. The molecule has 0 spiro atoms. The Labute approximate surface area is 137 Å². The number of nitrogens with one attached hydrogen (secondary N) is 1. The van der Waals surface area contributed by atoms with E-state index < -0.39 is 0 Å². The van der Waals surface area contributed by atoms with Crippen LogP contribution < -0.4 is 5.32 Å². The molecule has 0 aliphatic heterocycles. The van der Waals surface area contributed by atoms with E-state index in [0.717, 1.165) is 14.9 Å². The average molecular weight is 371 g/mol. The molecule has 0 aliphatic carbocycles. The van der Waals surface area contributed by atoms with Gasteiger partial charge >= 0.3 is 0 Å². The van der Waals surface area contributed by atoms with Crippen LogP contribution in [0.25, 0.3) is 0 Å². The summed E-state index contributed by atoms with van der Waals surface area (Å²) in [5.74, 6) is -0.153. The van der Waals surface area contributed by atoms with Crippen molar-refractivity contribution >= 4 is 46.1 Å². The highest BCUT2D eigenvalue weighted by Gasteiger charge is 2.14. The second-order valence-electron chi connectivity index (χ2n) is 4.41. The Bertz CT molecular complexity index is 648. The summed E-state index contributed by atoms with van der Waals surface area (Å²) in [5.41, 5.74) is 1.52. The van der Waals surface area contributed by atoms with E-state index in [4.69, 9.17) is 11.6 Å². The molecule has 0 bridgehead atoms. The van der Waals surface area contributed by atoms with E-state index in [2.05, 4.69) is 33.9 Å². The van der Waals surface area contributed by atoms with Gasteiger partial charge in [-0.1, -0.05) is 23.7 Å². The number of thiol groups is 1. The van der Waals surface area contributed by atoms with Gasteiger partial charge in [0.05, 0.1) is 11.6 Å². The minimum absolute atomic E-state index is 0.128. The standard InChI is InChI=1S/C15H13BrClNOS/c1-9(10-3-2-4-11(17)7-10)18-15(19)13-8-12(20)5-6-14(13)16/h2-9,20H,1H3,(H,18,19). The quantitative estimate of drug-likeness (QED) is 0.741. The van der Waals surface area contributed by atoms with Crippen molar-refractivity contribution in [2.75, 3.05) is 0 Å². The third-order valence-corrected chi connectivity index (χ3v) is 4.10. The highest BCUT2D eigenvalue weighted by atomic mass is 79.9. The van der Waals surface area contributed by atoms with E-state index in [1.165, 1.54) is 0 Å². The first-order chi connectivity index (χ1) is 9.47. The maximum atomic E-state index is 12.3. The fourth-order valence-corrected chi connectivity index (χ4v) is 2.65. The minimum atomic E-state index is -0.153. The van der Waals surface area contributed by atoms with Gasteiger partial charge in [-0.25, -0.2) is 0 Å². The molecule has 104 valence electrons. The van der Waals surface area contributed by atoms with Crippen LogP contribution in [0.5, 0.6) is 0 Å². The lowest BCUT2D eigenvalue weighted by Gasteiger charge is -2.15. The van der Waals surface area contributed by atoms with E-state index in [1.54, 1.807) is 18.2 Å². The first-order valence-electron chi connectivity index (χ1n) is 6.02. The van der Waals surface area contributed by atoms with E-state index in [0.29, 0.717) is 10.6 Å². The number of amides is 1. The molecule has 20 heavy (non-hydrogen) atoms. The zero-order valence-corrected chi connectivity index (χ0v) is 14.0. The number of halogens is 2. The lowest BCUT2D eigenvalue weighted by Crippen LogP contribution is -2.27. The van der Waals surface area contributed by atoms with E-state index in [-0.39, 0.29) is 11.9 Å². The molecule has 2 rings (SSSR count). The van der Waals surface area contributed by atoms with Crippen LogP contribution in [0.3, 0.4) is 0 Å². The van der Waals surface area contributed by atoms with Crippen LogP contribution in [0.4, 0.5) is 0 Å². The smallest absolute Gasteiger partial charge is 0.252 e. The number of carbonyl (C=O) groups excluding carboxylic acids is 1. The van der Waals surface area contributed by atoms with Crippen molar-refractivity contribution < 1.29 is 4.79 Å². The zero-order valence-electron chi connectivity index (χ0n) is 10.7. The molecule has 2 aromatic carbocycles. The Kier molecular flexibility index (Phi) is 5.13. The van der Waals surface area contributed by atoms with Crippen molar-refractivity contribution in [3.63, 3.8) is 0 Å². The van der Waals surface area contributed by atoms with Crippen molar-refractivity contribution in [3.8, 4) is 0 Å². The Morgan fingerprint density at radius 1 is 1.30 bits per heavy atom. The van der Waals surface area contributed by atoms with Crippen LogP contribution in [-0.2, 0) is 0 Å². The van der Waals surface area contributed by atoms with Crippen LogP contribution in [0.15, 0.2) is 51.8 Å². The van der Waals surface area contributed by atoms with Gasteiger partial charge in [0.2, 0.25) is 0 Å². The molecule has 2 nitrogen and oxygen atoms in total. The van der Waals surface area contributed by atoms with Gasteiger partial charge in [-0.3, -0.25) is 4.79 Å². The van der Waals surface area contributed by atoms with Crippen molar-refractivity contribution in [2.45, 2.75) is 17.9 Å². The Hall–Kier alpha value is -0.970. The SMILES string of the molecule is CC(NC(=O)c1cc(S)ccc1Br)c1cccc(Cl)c1. The van der Waals surface area contributed by atoms with Gasteiger partial charge in [-0.15, -0.1) is 12.6 Å². The van der Waals surface area contributed by atoms with Gasteiger partial charge in [0.1, 0.15) is 0 Å². The third-order valence-electron chi connectivity index (χ3n) is 2.89. The highest BCUT2D eigenvalue weighted by Crippen LogP contribution is 2.22. The molecule has 0 saturated heterocycles. The summed E-state index contributed by atoms with van der Waals surface area (Å²) in [7, 11) is 0. The summed E-state index contributed by atoms with van der Waals surface area (Å²) in [5, 5.41) is 3.60. The normalized spacial score (nSPS) is 12.0. The van der Waals surface area contributed by atoms with Crippen LogP contribution in [0.1, 0.15) is 28.9 Å². The second kappa shape index (κ2) is 6.66. The van der Waals surface area contributed by atoms with Crippen molar-refractivity contribution in [3.05, 3.63) is 63.1 Å². The Morgan fingerprint density at radius 2 is 2.05 bits per heavy atom. The summed E-state index contributed by atoms with van der Waals surface area (Å²) in [6.45, 7) is 1.92. The first-order valence-corrected chi connectivity index (χ1v) is 7.64. The first kappa shape index (κ1) is 15.4. The number of carbonyl (C=O) groups is 1. The molecule has 1 amide bonds. The van der Waals surface area contributed by atoms with E-state index in [9.17, 15) is 4.79 Å². The molecule has 1 N–H and O–H groups in total. The fraction of sp³-hybridized carbons (Fsp3) is 0.133. The van der Waals surface area contributed by atoms with Crippen molar-refractivity contribution in [1.29, 1.82) is 0 Å². The second-order valence-corrected chi connectivity index (χ2v) is 6.22. The molecule has 0 aliphatic rings. The van der Waals surface area contributed by atoms with Gasteiger partial charge in [0.15, 0.2) is 0 Å². The molecule has 5 heteroatoms. The lowest BCUT2D eigenvalue weighted by atomic mass is 10.1. The number of hydrogen-bond acceptors (Lipinski definition) is 2. The summed E-state index contributed by atoms with van der Waals surface area (Å²) in [4.78, 5) is 13.0. The molecule has 0 heterocycles. The van der Waals surface area contributed by atoms with Gasteiger partial charge in [-0.2, -0.15) is 0 Å². The summed E-state index contributed by atoms with van der Waals surface area (Å²) in [6.07, 6.45) is 0. The number of rotatable bonds is 3. The van der Waals surface area contributed by atoms with Gasteiger partial charge < -0.3 is 5.32 Å². The maximum absolute atomic E-state index is 12.3. The highest BCUT2D eigenvalue weighted by molar-refractivity contribution is 9.10. The molecular weight excluding hydrogens is 358 g/mol. The fourth-order valence-electron chi connectivity index (χ4n) is 1.82. The van der Waals surface area contributed by atoms with Gasteiger partial charge in [0.25, 0.3) is 5.91 Å². The number of benzene rings is 2. The maximum Gasteiger partial charge on any atom is 0.252 e. The predicted octanol–water partition coefficient (Wildman–Crippen LogP) is 4.88. The minimum Gasteiger partial charge on any atom is -0.345 e. The monoisotopic (exact) mass is 369 g/mol. The average Bonchev–Trinajstić information content (AvgIpc) is 2.41. The Morgan fingerprint density at radius 3 is 2.75 bits per heavy atom. The molecule has 0 aromatic heterocycles. The van der Waals surface area contributed by atoms with E-state index in [1.807, 2.05) is 31.2 Å². The van der Waals surface area contributed by atoms with Crippen LogP contribution in [0.2, 0.25) is 5.02 Å². The summed E-state index contributed by atoms with van der Waals surface area (Å²) >= 11 is 13.6. The Balaban J connectivity index is 2.17. The van der Waals surface area contributed by atoms with Crippen LogP contribution in [-0.4, -0.2) is 5.91 Å². The molecule has 2 aromatic rings. The zero-order chi connectivity index (χ0) is 14.7.